The lowest BCUT2D eigenvalue weighted by Gasteiger charge is -2.35. The molecule has 3 aromatic carbocycles. The summed E-state index contributed by atoms with van der Waals surface area (Å²) in [6.07, 6.45) is 2.46. The molecule has 5 aromatic rings. The summed E-state index contributed by atoms with van der Waals surface area (Å²) in [4.78, 5) is 9.32. The van der Waals surface area contributed by atoms with Gasteiger partial charge < -0.3 is 4.90 Å². The standard InChI is InChI=1S/C28H27N5O2S2/c34-37(35,26-12-4-7-22-8-5-14-29-27(22)26)31-23-9-3-6-21(20-23)13-15-32-16-18-33(19-17-32)28-24-10-1-2-11-25(24)36-30-28/h1-12,14,20,31H,13,15-19H2. The Kier molecular flexibility index (Phi) is 6.50. The fourth-order valence-electron chi connectivity index (χ4n) is 4.86. The van der Waals surface area contributed by atoms with E-state index in [4.69, 9.17) is 4.37 Å². The number of sulfonamides is 1. The van der Waals surface area contributed by atoms with Crippen LogP contribution in [0.25, 0.3) is 21.0 Å². The van der Waals surface area contributed by atoms with E-state index in [1.54, 1.807) is 42.0 Å². The summed E-state index contributed by atoms with van der Waals surface area (Å²) in [5.74, 6) is 1.10. The van der Waals surface area contributed by atoms with E-state index in [0.29, 0.717) is 11.2 Å². The third-order valence-corrected chi connectivity index (χ3v) is 9.04. The third-order valence-electron chi connectivity index (χ3n) is 6.81. The van der Waals surface area contributed by atoms with Gasteiger partial charge in [0.25, 0.3) is 10.0 Å². The van der Waals surface area contributed by atoms with E-state index >= 15 is 0 Å². The van der Waals surface area contributed by atoms with Crippen molar-refractivity contribution in [1.29, 1.82) is 0 Å². The number of nitrogens with zero attached hydrogens (tertiary/aromatic N) is 4. The van der Waals surface area contributed by atoms with E-state index in [9.17, 15) is 8.42 Å². The fraction of sp³-hybridized carbons (Fsp3) is 0.214. The largest absolute Gasteiger partial charge is 0.353 e. The van der Waals surface area contributed by atoms with Crippen LogP contribution < -0.4 is 9.62 Å². The number of aromatic nitrogens is 2. The van der Waals surface area contributed by atoms with Crippen molar-refractivity contribution in [3.8, 4) is 0 Å². The number of hydrogen-bond acceptors (Lipinski definition) is 7. The quantitative estimate of drug-likeness (QED) is 0.319. The molecule has 1 saturated heterocycles. The van der Waals surface area contributed by atoms with Crippen molar-refractivity contribution in [3.63, 3.8) is 0 Å². The van der Waals surface area contributed by atoms with Crippen molar-refractivity contribution in [3.05, 3.63) is 90.6 Å². The molecular formula is C28H27N5O2S2. The summed E-state index contributed by atoms with van der Waals surface area (Å²) in [5.41, 5.74) is 2.13. The van der Waals surface area contributed by atoms with Gasteiger partial charge in [-0.3, -0.25) is 14.6 Å². The molecule has 0 aliphatic carbocycles. The number of pyridine rings is 1. The lowest BCUT2D eigenvalue weighted by atomic mass is 10.1. The Hall–Kier alpha value is -3.53. The highest BCUT2D eigenvalue weighted by molar-refractivity contribution is 7.93. The zero-order valence-corrected chi connectivity index (χ0v) is 21.9. The van der Waals surface area contributed by atoms with Gasteiger partial charge in [-0.05, 0) is 59.9 Å². The molecule has 0 spiro atoms. The van der Waals surface area contributed by atoms with E-state index in [-0.39, 0.29) is 4.90 Å². The molecular weight excluding hydrogens is 502 g/mol. The maximum atomic E-state index is 13.2. The number of hydrogen-bond donors (Lipinski definition) is 1. The number of rotatable bonds is 7. The van der Waals surface area contributed by atoms with Crippen LogP contribution >= 0.6 is 11.5 Å². The van der Waals surface area contributed by atoms with Gasteiger partial charge in [-0.25, -0.2) is 8.42 Å². The van der Waals surface area contributed by atoms with Crippen molar-refractivity contribution < 1.29 is 8.42 Å². The van der Waals surface area contributed by atoms with Crippen LogP contribution in [0.2, 0.25) is 0 Å². The number of fused-ring (bicyclic) bond motifs is 2. The first-order valence-electron chi connectivity index (χ1n) is 12.3. The Morgan fingerprint density at radius 3 is 2.59 bits per heavy atom. The average Bonchev–Trinajstić information content (AvgIpc) is 3.36. The predicted molar refractivity (Wildman–Crippen MR) is 151 cm³/mol. The molecule has 1 N–H and O–H groups in total. The molecule has 0 atom stereocenters. The van der Waals surface area contributed by atoms with Crippen LogP contribution in [0.1, 0.15) is 5.56 Å². The summed E-state index contributed by atoms with van der Waals surface area (Å²) in [7, 11) is -3.77. The molecule has 0 radical (unpaired) electrons. The van der Waals surface area contributed by atoms with Crippen LogP contribution in [-0.4, -0.2) is 55.4 Å². The number of anilines is 2. The summed E-state index contributed by atoms with van der Waals surface area (Å²) < 4.78 is 35.0. The molecule has 9 heteroatoms. The van der Waals surface area contributed by atoms with Gasteiger partial charge in [0.1, 0.15) is 10.7 Å². The van der Waals surface area contributed by atoms with Crippen molar-refractivity contribution in [2.45, 2.75) is 11.3 Å². The molecule has 1 aliphatic rings. The summed E-state index contributed by atoms with van der Waals surface area (Å²) in [6, 6.07) is 24.9. The molecule has 37 heavy (non-hydrogen) atoms. The number of para-hydroxylation sites is 1. The third kappa shape index (κ3) is 5.02. The molecule has 0 bridgehead atoms. The van der Waals surface area contributed by atoms with Crippen LogP contribution in [0.5, 0.6) is 0 Å². The van der Waals surface area contributed by atoms with Gasteiger partial charge in [-0.1, -0.05) is 42.5 Å². The van der Waals surface area contributed by atoms with E-state index in [1.165, 1.54) is 10.1 Å². The number of nitrogens with one attached hydrogen (secondary N) is 1. The van der Waals surface area contributed by atoms with Crippen LogP contribution in [0, 0.1) is 0 Å². The fourth-order valence-corrected chi connectivity index (χ4v) is 6.89. The normalized spacial score (nSPS) is 14.9. The molecule has 0 saturated carbocycles. The molecule has 0 unspecified atom stereocenters. The molecule has 2 aromatic heterocycles. The summed E-state index contributed by atoms with van der Waals surface area (Å²) >= 11 is 1.56. The van der Waals surface area contributed by atoms with Gasteiger partial charge in [-0.15, -0.1) is 0 Å². The van der Waals surface area contributed by atoms with Crippen LogP contribution in [0.4, 0.5) is 11.5 Å². The second-order valence-corrected chi connectivity index (χ2v) is 11.7. The molecule has 7 nitrogen and oxygen atoms in total. The smallest absolute Gasteiger partial charge is 0.264 e. The maximum Gasteiger partial charge on any atom is 0.264 e. The second kappa shape index (κ2) is 10.1. The molecule has 188 valence electrons. The van der Waals surface area contributed by atoms with Crippen molar-refractivity contribution in [2.75, 3.05) is 42.3 Å². The van der Waals surface area contributed by atoms with Gasteiger partial charge in [0.2, 0.25) is 0 Å². The van der Waals surface area contributed by atoms with E-state index in [1.807, 2.05) is 24.3 Å². The Bertz CT molecular complexity index is 1650. The zero-order valence-electron chi connectivity index (χ0n) is 20.2. The van der Waals surface area contributed by atoms with Gasteiger partial charge in [0.15, 0.2) is 0 Å². The highest BCUT2D eigenvalue weighted by Crippen LogP contribution is 2.30. The average molecular weight is 530 g/mol. The highest BCUT2D eigenvalue weighted by Gasteiger charge is 2.21. The Morgan fingerprint density at radius 2 is 1.70 bits per heavy atom. The summed E-state index contributed by atoms with van der Waals surface area (Å²) in [5, 5.41) is 2.03. The van der Waals surface area contributed by atoms with Crippen molar-refractivity contribution >= 4 is 54.1 Å². The monoisotopic (exact) mass is 529 g/mol. The number of benzene rings is 3. The minimum Gasteiger partial charge on any atom is -0.353 e. The molecule has 3 heterocycles. The minimum atomic E-state index is -3.77. The zero-order chi connectivity index (χ0) is 25.2. The summed E-state index contributed by atoms with van der Waals surface area (Å²) in [6.45, 7) is 4.78. The lowest BCUT2D eigenvalue weighted by Crippen LogP contribution is -2.47. The number of piperazine rings is 1. The molecule has 0 amide bonds. The van der Waals surface area contributed by atoms with E-state index in [2.05, 4.69) is 49.8 Å². The SMILES string of the molecule is O=S(=O)(Nc1cccc(CCN2CCN(c3nsc4ccccc34)CC2)c1)c1cccc2cccnc12. The van der Waals surface area contributed by atoms with E-state index in [0.717, 1.165) is 55.9 Å². The molecule has 1 fully saturated rings. The highest BCUT2D eigenvalue weighted by atomic mass is 32.2. The Balaban J connectivity index is 1.08. The van der Waals surface area contributed by atoms with Gasteiger partial charge in [0.05, 0.1) is 10.2 Å². The topological polar surface area (TPSA) is 78.4 Å². The lowest BCUT2D eigenvalue weighted by molar-refractivity contribution is 0.261. The second-order valence-electron chi connectivity index (χ2n) is 9.22. The predicted octanol–water partition coefficient (Wildman–Crippen LogP) is 5.01. The molecule has 6 rings (SSSR count). The van der Waals surface area contributed by atoms with Crippen LogP contribution in [0.3, 0.4) is 0 Å². The van der Waals surface area contributed by atoms with Crippen LogP contribution in [0.15, 0.2) is 90.0 Å². The van der Waals surface area contributed by atoms with Gasteiger partial charge >= 0.3 is 0 Å². The Morgan fingerprint density at radius 1 is 0.892 bits per heavy atom. The van der Waals surface area contributed by atoms with Crippen LogP contribution in [-0.2, 0) is 16.4 Å². The maximum absolute atomic E-state index is 13.2. The van der Waals surface area contributed by atoms with Gasteiger partial charge in [-0.2, -0.15) is 4.37 Å². The van der Waals surface area contributed by atoms with Crippen molar-refractivity contribution in [1.82, 2.24) is 14.3 Å². The first-order chi connectivity index (χ1) is 18.1. The minimum absolute atomic E-state index is 0.182. The Labute approximate surface area is 220 Å². The first-order valence-corrected chi connectivity index (χ1v) is 14.6. The first kappa shape index (κ1) is 23.8. The van der Waals surface area contributed by atoms with E-state index < -0.39 is 10.0 Å². The van der Waals surface area contributed by atoms with Gasteiger partial charge in [0, 0.05) is 55.4 Å². The van der Waals surface area contributed by atoms with Crippen molar-refractivity contribution in [2.24, 2.45) is 0 Å². The molecule has 1 aliphatic heterocycles.